The van der Waals surface area contributed by atoms with Gasteiger partial charge in [-0.3, -0.25) is 4.79 Å². The van der Waals surface area contributed by atoms with Gasteiger partial charge in [-0.1, -0.05) is 23.7 Å². The van der Waals surface area contributed by atoms with E-state index in [1.54, 1.807) is 48.5 Å². The molecule has 0 unspecified atom stereocenters. The lowest BCUT2D eigenvalue weighted by atomic mass is 10.2. The Bertz CT molecular complexity index is 816. The van der Waals surface area contributed by atoms with Crippen molar-refractivity contribution in [2.45, 2.75) is 0 Å². The molecule has 2 N–H and O–H groups in total. The Morgan fingerprint density at radius 1 is 1.05 bits per heavy atom. The van der Waals surface area contributed by atoms with Crippen molar-refractivity contribution in [1.29, 1.82) is 0 Å². The van der Waals surface area contributed by atoms with Gasteiger partial charge < -0.3 is 10.4 Å². The Labute approximate surface area is 126 Å². The first-order valence-electron chi connectivity index (χ1n) is 6.29. The molecule has 0 aliphatic rings. The number of phenols is 1. The fourth-order valence-electron chi connectivity index (χ4n) is 1.99. The molecule has 0 aliphatic carbocycles. The van der Waals surface area contributed by atoms with E-state index < -0.39 is 0 Å². The van der Waals surface area contributed by atoms with E-state index in [2.05, 4.69) is 10.3 Å². The maximum Gasteiger partial charge on any atom is 0.256 e. The highest BCUT2D eigenvalue weighted by molar-refractivity contribution is 6.30. The van der Waals surface area contributed by atoms with Crippen molar-refractivity contribution in [3.05, 3.63) is 65.2 Å². The van der Waals surface area contributed by atoms with Crippen molar-refractivity contribution in [2.75, 3.05) is 5.32 Å². The predicted molar refractivity (Wildman–Crippen MR) is 82.8 cm³/mol. The molecule has 0 radical (unpaired) electrons. The van der Waals surface area contributed by atoms with Gasteiger partial charge in [0.05, 0.1) is 0 Å². The first-order chi connectivity index (χ1) is 10.1. The molecule has 104 valence electrons. The van der Waals surface area contributed by atoms with Crippen LogP contribution >= 0.6 is 11.6 Å². The number of halogens is 1. The Balaban J connectivity index is 1.89. The Morgan fingerprint density at radius 3 is 2.57 bits per heavy atom. The van der Waals surface area contributed by atoms with Crippen LogP contribution in [-0.4, -0.2) is 16.0 Å². The molecule has 1 heterocycles. The maximum atomic E-state index is 12.1. The van der Waals surface area contributed by atoms with Crippen LogP contribution in [0.4, 0.5) is 5.82 Å². The van der Waals surface area contributed by atoms with E-state index in [0.717, 1.165) is 5.39 Å². The van der Waals surface area contributed by atoms with Gasteiger partial charge in [0.2, 0.25) is 0 Å². The second-order valence-electron chi connectivity index (χ2n) is 4.51. The number of anilines is 1. The summed E-state index contributed by atoms with van der Waals surface area (Å²) in [6, 6.07) is 15.2. The molecule has 5 heteroatoms. The van der Waals surface area contributed by atoms with E-state index in [1.165, 1.54) is 0 Å². The van der Waals surface area contributed by atoms with E-state index >= 15 is 0 Å². The first kappa shape index (κ1) is 13.4. The molecular weight excluding hydrogens is 288 g/mol. The van der Waals surface area contributed by atoms with Crippen LogP contribution < -0.4 is 5.32 Å². The number of fused-ring (bicyclic) bond motifs is 1. The summed E-state index contributed by atoms with van der Waals surface area (Å²) in [5.74, 6) is 0.174. The van der Waals surface area contributed by atoms with Crippen molar-refractivity contribution < 1.29 is 9.90 Å². The Morgan fingerprint density at radius 2 is 1.81 bits per heavy atom. The zero-order chi connectivity index (χ0) is 14.8. The average Bonchev–Trinajstić information content (AvgIpc) is 2.49. The summed E-state index contributed by atoms with van der Waals surface area (Å²) in [5, 5.41) is 13.9. The molecule has 0 spiro atoms. The summed E-state index contributed by atoms with van der Waals surface area (Å²) in [6.07, 6.45) is 0. The molecule has 2 aromatic carbocycles. The highest BCUT2D eigenvalue weighted by Gasteiger charge is 2.08. The second kappa shape index (κ2) is 5.42. The molecular formula is C16H11ClN2O2. The van der Waals surface area contributed by atoms with Crippen molar-refractivity contribution in [2.24, 2.45) is 0 Å². The summed E-state index contributed by atoms with van der Waals surface area (Å²) < 4.78 is 0. The number of amides is 1. The lowest BCUT2D eigenvalue weighted by molar-refractivity contribution is 0.102. The van der Waals surface area contributed by atoms with Crippen LogP contribution in [0.1, 0.15) is 10.4 Å². The number of rotatable bonds is 2. The number of pyridine rings is 1. The number of carbonyl (C=O) groups is 1. The SMILES string of the molecule is O=C(Nc1ccc2cccc(O)c2n1)c1ccc(Cl)cc1. The van der Waals surface area contributed by atoms with Crippen LogP contribution in [0.2, 0.25) is 5.02 Å². The van der Waals surface area contributed by atoms with Crippen LogP contribution in [0.15, 0.2) is 54.6 Å². The molecule has 3 aromatic rings. The third-order valence-electron chi connectivity index (χ3n) is 3.05. The minimum atomic E-state index is -0.283. The average molecular weight is 299 g/mol. The second-order valence-corrected chi connectivity index (χ2v) is 4.94. The van der Waals surface area contributed by atoms with Gasteiger partial charge >= 0.3 is 0 Å². The molecule has 21 heavy (non-hydrogen) atoms. The fourth-order valence-corrected chi connectivity index (χ4v) is 2.12. The predicted octanol–water partition coefficient (Wildman–Crippen LogP) is 3.85. The molecule has 4 nitrogen and oxygen atoms in total. The molecule has 0 bridgehead atoms. The number of aromatic hydroxyl groups is 1. The monoisotopic (exact) mass is 298 g/mol. The van der Waals surface area contributed by atoms with Crippen molar-refractivity contribution in [3.8, 4) is 5.75 Å². The lowest BCUT2D eigenvalue weighted by Crippen LogP contribution is -2.12. The number of para-hydroxylation sites is 1. The highest BCUT2D eigenvalue weighted by Crippen LogP contribution is 2.24. The van der Waals surface area contributed by atoms with Gasteiger partial charge in [0.25, 0.3) is 5.91 Å². The highest BCUT2D eigenvalue weighted by atomic mass is 35.5. The quantitative estimate of drug-likeness (QED) is 0.755. The first-order valence-corrected chi connectivity index (χ1v) is 6.67. The normalized spacial score (nSPS) is 10.5. The van der Waals surface area contributed by atoms with Crippen molar-refractivity contribution in [1.82, 2.24) is 4.98 Å². The van der Waals surface area contributed by atoms with Gasteiger partial charge in [0, 0.05) is 16.0 Å². The summed E-state index contributed by atoms with van der Waals surface area (Å²) in [4.78, 5) is 16.3. The standard InChI is InChI=1S/C16H11ClN2O2/c17-12-7-4-11(5-8-12)16(21)19-14-9-6-10-2-1-3-13(20)15(10)18-14/h1-9,20H,(H,18,19,21). The van der Waals surface area contributed by atoms with Crippen LogP contribution in [0.3, 0.4) is 0 Å². The molecule has 0 fully saturated rings. The van der Waals surface area contributed by atoms with Crippen LogP contribution in [0.25, 0.3) is 10.9 Å². The van der Waals surface area contributed by atoms with E-state index in [9.17, 15) is 9.90 Å². The molecule has 0 saturated carbocycles. The van der Waals surface area contributed by atoms with E-state index in [1.807, 2.05) is 6.07 Å². The maximum absolute atomic E-state index is 12.1. The molecule has 3 rings (SSSR count). The van der Waals surface area contributed by atoms with Crippen molar-refractivity contribution >= 4 is 34.2 Å². The number of hydrogen-bond acceptors (Lipinski definition) is 3. The summed E-state index contributed by atoms with van der Waals surface area (Å²) in [5.41, 5.74) is 0.935. The summed E-state index contributed by atoms with van der Waals surface area (Å²) >= 11 is 5.79. The number of phenolic OH excluding ortho intramolecular Hbond substituents is 1. The summed E-state index contributed by atoms with van der Waals surface area (Å²) in [7, 11) is 0. The zero-order valence-corrected chi connectivity index (χ0v) is 11.6. The number of nitrogens with zero attached hydrogens (tertiary/aromatic N) is 1. The molecule has 1 aromatic heterocycles. The van der Waals surface area contributed by atoms with Crippen molar-refractivity contribution in [3.63, 3.8) is 0 Å². The molecule has 0 atom stereocenters. The zero-order valence-electron chi connectivity index (χ0n) is 10.9. The van der Waals surface area contributed by atoms with Gasteiger partial charge in [-0.15, -0.1) is 0 Å². The third kappa shape index (κ3) is 2.80. The minimum Gasteiger partial charge on any atom is -0.506 e. The van der Waals surface area contributed by atoms with Gasteiger partial charge in [0.15, 0.2) is 0 Å². The number of hydrogen-bond donors (Lipinski definition) is 2. The Hall–Kier alpha value is -2.59. The topological polar surface area (TPSA) is 62.2 Å². The number of benzene rings is 2. The number of aromatic nitrogens is 1. The van der Waals surface area contributed by atoms with E-state index in [4.69, 9.17) is 11.6 Å². The smallest absolute Gasteiger partial charge is 0.256 e. The summed E-state index contributed by atoms with van der Waals surface area (Å²) in [6.45, 7) is 0. The van der Waals surface area contributed by atoms with E-state index in [0.29, 0.717) is 21.9 Å². The van der Waals surface area contributed by atoms with E-state index in [-0.39, 0.29) is 11.7 Å². The van der Waals surface area contributed by atoms with Crippen LogP contribution in [0.5, 0.6) is 5.75 Å². The van der Waals surface area contributed by atoms with Gasteiger partial charge in [-0.05, 0) is 42.5 Å². The van der Waals surface area contributed by atoms with Crippen LogP contribution in [-0.2, 0) is 0 Å². The van der Waals surface area contributed by atoms with Gasteiger partial charge in [-0.25, -0.2) is 4.98 Å². The molecule has 0 saturated heterocycles. The third-order valence-corrected chi connectivity index (χ3v) is 3.30. The largest absolute Gasteiger partial charge is 0.506 e. The Kier molecular flexibility index (Phi) is 3.46. The van der Waals surface area contributed by atoms with Gasteiger partial charge in [-0.2, -0.15) is 0 Å². The molecule has 1 amide bonds. The minimum absolute atomic E-state index is 0.0788. The number of nitrogens with one attached hydrogen (secondary N) is 1. The number of carbonyl (C=O) groups excluding carboxylic acids is 1. The van der Waals surface area contributed by atoms with Gasteiger partial charge in [0.1, 0.15) is 17.1 Å². The van der Waals surface area contributed by atoms with Crippen LogP contribution in [0, 0.1) is 0 Å². The fraction of sp³-hybridized carbons (Fsp3) is 0. The molecule has 0 aliphatic heterocycles. The lowest BCUT2D eigenvalue weighted by Gasteiger charge is -2.06.